The van der Waals surface area contributed by atoms with E-state index in [1.54, 1.807) is 6.07 Å². The van der Waals surface area contributed by atoms with E-state index in [1.165, 1.54) is 0 Å². The summed E-state index contributed by atoms with van der Waals surface area (Å²) in [5.74, 6) is 0.976. The van der Waals surface area contributed by atoms with Crippen molar-refractivity contribution in [1.82, 2.24) is 9.97 Å². The summed E-state index contributed by atoms with van der Waals surface area (Å²) in [5, 5.41) is 0.208. The maximum absolute atomic E-state index is 11.6. The van der Waals surface area contributed by atoms with Crippen LogP contribution < -0.4 is 5.56 Å². The largest absolute Gasteiger partial charge is 0.417 e. The van der Waals surface area contributed by atoms with Crippen molar-refractivity contribution in [1.29, 1.82) is 0 Å². The van der Waals surface area contributed by atoms with Crippen LogP contribution in [0.3, 0.4) is 0 Å². The van der Waals surface area contributed by atoms with E-state index in [-0.39, 0.29) is 10.6 Å². The van der Waals surface area contributed by atoms with Crippen molar-refractivity contribution in [2.24, 2.45) is 11.8 Å². The Hall–Kier alpha value is -0.723. The van der Waals surface area contributed by atoms with Crippen molar-refractivity contribution in [2.75, 3.05) is 6.61 Å². The summed E-state index contributed by atoms with van der Waals surface area (Å²) in [4.78, 5) is 17.3. The summed E-state index contributed by atoms with van der Waals surface area (Å²) in [7, 11) is -1.76. The first kappa shape index (κ1) is 20.3. The second-order valence-electron chi connectivity index (χ2n) is 8.38. The Kier molecular flexibility index (Phi) is 6.98. The van der Waals surface area contributed by atoms with Crippen molar-refractivity contribution in [3.63, 3.8) is 0 Å². The molecule has 0 bridgehead atoms. The Morgan fingerprint density at radius 1 is 1.26 bits per heavy atom. The lowest BCUT2D eigenvalue weighted by Gasteiger charge is -2.37. The first-order valence-electron chi connectivity index (χ1n) is 8.37. The first-order chi connectivity index (χ1) is 10.4. The molecule has 0 aromatic carbocycles. The molecule has 1 rings (SSSR count). The molecule has 4 nitrogen and oxygen atoms in total. The van der Waals surface area contributed by atoms with Gasteiger partial charge in [-0.1, -0.05) is 34.6 Å². The molecule has 0 amide bonds. The third-order valence-electron chi connectivity index (χ3n) is 4.62. The summed E-state index contributed by atoms with van der Waals surface area (Å²) >= 11 is 5.06. The van der Waals surface area contributed by atoms with Crippen LogP contribution in [0.25, 0.3) is 0 Å². The summed E-state index contributed by atoms with van der Waals surface area (Å²) in [6.45, 7) is 16.5. The Labute approximate surface area is 146 Å². The lowest BCUT2D eigenvalue weighted by molar-refractivity contribution is 0.207. The van der Waals surface area contributed by atoms with Crippen molar-refractivity contribution in [2.45, 2.75) is 65.6 Å². The van der Waals surface area contributed by atoms with Crippen LogP contribution in [-0.4, -0.2) is 24.9 Å². The van der Waals surface area contributed by atoms with E-state index < -0.39 is 8.32 Å². The molecule has 1 unspecified atom stereocenters. The molecule has 1 heterocycles. The minimum atomic E-state index is -1.76. The molecule has 1 aromatic rings. The van der Waals surface area contributed by atoms with Crippen LogP contribution in [0.4, 0.5) is 0 Å². The zero-order valence-electron chi connectivity index (χ0n) is 15.6. The standard InChI is InChI=1S/C17H32N2O2SSi/c1-12(2)8-13(11-21-23(6,7)17(3,4)5)9-14-10-15(20)19-16(22)18-14/h10,12-13H,8-9,11H2,1-7H3,(H2,18,19,20,22). The maximum Gasteiger partial charge on any atom is 0.251 e. The van der Waals surface area contributed by atoms with Crippen LogP contribution in [0.1, 0.15) is 46.7 Å². The van der Waals surface area contributed by atoms with Gasteiger partial charge in [0.15, 0.2) is 13.1 Å². The van der Waals surface area contributed by atoms with E-state index in [0.29, 0.717) is 16.6 Å². The fourth-order valence-corrected chi connectivity index (χ4v) is 3.68. The lowest BCUT2D eigenvalue weighted by atomic mass is 9.93. The number of rotatable bonds is 7. The zero-order valence-corrected chi connectivity index (χ0v) is 17.4. The Balaban J connectivity index is 2.84. The van der Waals surface area contributed by atoms with Crippen LogP contribution in [0.2, 0.25) is 18.1 Å². The van der Waals surface area contributed by atoms with Crippen molar-refractivity contribution in [3.05, 3.63) is 26.9 Å². The van der Waals surface area contributed by atoms with Gasteiger partial charge in [-0.2, -0.15) is 0 Å². The van der Waals surface area contributed by atoms with Crippen LogP contribution in [0.5, 0.6) is 0 Å². The fourth-order valence-electron chi connectivity index (χ4n) is 2.36. The molecule has 2 N–H and O–H groups in total. The van der Waals surface area contributed by atoms with Gasteiger partial charge in [-0.3, -0.25) is 9.78 Å². The van der Waals surface area contributed by atoms with Crippen LogP contribution in [0, 0.1) is 16.6 Å². The minimum absolute atomic E-state index is 0.141. The summed E-state index contributed by atoms with van der Waals surface area (Å²) in [6, 6.07) is 1.61. The molecule has 23 heavy (non-hydrogen) atoms. The Morgan fingerprint density at radius 3 is 2.35 bits per heavy atom. The zero-order chi connectivity index (χ0) is 17.8. The highest BCUT2D eigenvalue weighted by Crippen LogP contribution is 2.37. The van der Waals surface area contributed by atoms with Gasteiger partial charge in [0.1, 0.15) is 0 Å². The topological polar surface area (TPSA) is 57.9 Å². The molecule has 0 aliphatic heterocycles. The highest BCUT2D eigenvalue weighted by molar-refractivity contribution is 7.71. The quantitative estimate of drug-likeness (QED) is 0.552. The number of aromatic nitrogens is 2. The molecule has 132 valence electrons. The summed E-state index contributed by atoms with van der Waals surface area (Å²) in [5.41, 5.74) is 0.751. The third kappa shape index (κ3) is 6.73. The molecule has 6 heteroatoms. The minimum Gasteiger partial charge on any atom is -0.417 e. The second-order valence-corrected chi connectivity index (χ2v) is 13.6. The smallest absolute Gasteiger partial charge is 0.251 e. The third-order valence-corrected chi connectivity index (χ3v) is 9.32. The Morgan fingerprint density at radius 2 is 1.87 bits per heavy atom. The van der Waals surface area contributed by atoms with Gasteiger partial charge >= 0.3 is 0 Å². The van der Waals surface area contributed by atoms with Gasteiger partial charge in [0.25, 0.3) is 5.56 Å². The highest BCUT2D eigenvalue weighted by Gasteiger charge is 2.37. The SMILES string of the molecule is CC(C)CC(CO[Si](C)(C)C(C)(C)C)Cc1cc(=O)[nH]c(=S)[nH]1. The molecule has 0 fully saturated rings. The number of hydrogen-bond donors (Lipinski definition) is 2. The van der Waals surface area contributed by atoms with Gasteiger partial charge in [-0.05, 0) is 55.0 Å². The predicted octanol–water partition coefficient (Wildman–Crippen LogP) is 4.66. The van der Waals surface area contributed by atoms with Gasteiger partial charge in [0.05, 0.1) is 0 Å². The maximum atomic E-state index is 11.6. The molecular formula is C17H32N2O2SSi. The van der Waals surface area contributed by atoms with Gasteiger partial charge in [-0.15, -0.1) is 0 Å². The van der Waals surface area contributed by atoms with E-state index in [1.807, 2.05) is 0 Å². The van der Waals surface area contributed by atoms with E-state index in [2.05, 4.69) is 57.7 Å². The average Bonchev–Trinajstić information content (AvgIpc) is 2.32. The van der Waals surface area contributed by atoms with Crippen LogP contribution in [0.15, 0.2) is 10.9 Å². The van der Waals surface area contributed by atoms with Crippen LogP contribution in [-0.2, 0) is 10.8 Å². The Bertz CT molecular complexity index is 586. The fraction of sp³-hybridized carbons (Fsp3) is 0.765. The van der Waals surface area contributed by atoms with Crippen molar-refractivity contribution < 1.29 is 4.43 Å². The van der Waals surface area contributed by atoms with Gasteiger partial charge in [0, 0.05) is 18.4 Å². The molecule has 0 spiro atoms. The van der Waals surface area contributed by atoms with Gasteiger partial charge < -0.3 is 9.41 Å². The van der Waals surface area contributed by atoms with Gasteiger partial charge in [0.2, 0.25) is 0 Å². The number of nitrogens with one attached hydrogen (secondary N) is 2. The molecular weight excluding hydrogens is 324 g/mol. The predicted molar refractivity (Wildman–Crippen MR) is 102 cm³/mol. The number of aromatic amines is 2. The molecule has 0 saturated carbocycles. The molecule has 0 saturated heterocycles. The molecule has 1 atom stereocenters. The molecule has 0 aliphatic rings. The van der Waals surface area contributed by atoms with Crippen LogP contribution >= 0.6 is 12.2 Å². The van der Waals surface area contributed by atoms with E-state index in [4.69, 9.17) is 16.6 Å². The summed E-state index contributed by atoms with van der Waals surface area (Å²) in [6.07, 6.45) is 1.86. The van der Waals surface area contributed by atoms with E-state index >= 15 is 0 Å². The lowest BCUT2D eigenvalue weighted by Crippen LogP contribution is -2.42. The molecule has 0 radical (unpaired) electrons. The van der Waals surface area contributed by atoms with E-state index in [0.717, 1.165) is 25.1 Å². The second kappa shape index (κ2) is 7.90. The van der Waals surface area contributed by atoms with Crippen molar-refractivity contribution >= 4 is 20.5 Å². The first-order valence-corrected chi connectivity index (χ1v) is 11.7. The van der Waals surface area contributed by atoms with Gasteiger partial charge in [-0.25, -0.2) is 0 Å². The number of hydrogen-bond acceptors (Lipinski definition) is 3. The normalized spacial score (nSPS) is 14.3. The van der Waals surface area contributed by atoms with E-state index in [9.17, 15) is 4.79 Å². The molecule has 1 aromatic heterocycles. The van der Waals surface area contributed by atoms with Crippen molar-refractivity contribution in [3.8, 4) is 0 Å². The highest BCUT2D eigenvalue weighted by atomic mass is 32.1. The number of H-pyrrole nitrogens is 2. The average molecular weight is 357 g/mol. The summed E-state index contributed by atoms with van der Waals surface area (Å²) < 4.78 is 6.79. The molecule has 0 aliphatic carbocycles. The monoisotopic (exact) mass is 356 g/mol.